The maximum absolute atomic E-state index is 12.2. The monoisotopic (exact) mass is 252 g/mol. The molecule has 0 N–H and O–H groups in total. The van der Waals surface area contributed by atoms with E-state index in [1.54, 1.807) is 0 Å². The Kier molecular flexibility index (Phi) is 5.63. The van der Waals surface area contributed by atoms with Crippen LogP contribution in [0.25, 0.3) is 0 Å². The number of carbonyl (C=O) groups is 2. The van der Waals surface area contributed by atoms with Crippen LogP contribution >= 0.6 is 0 Å². The molecule has 0 aromatic heterocycles. The molecule has 1 heterocycles. The highest BCUT2D eigenvalue weighted by Crippen LogP contribution is 2.21. The first-order valence-electron chi connectivity index (χ1n) is 6.43. The van der Waals surface area contributed by atoms with Gasteiger partial charge in [-0.25, -0.2) is 4.79 Å². The molecule has 0 bridgehead atoms. The van der Waals surface area contributed by atoms with Crippen molar-refractivity contribution in [2.24, 2.45) is 5.92 Å². The first-order valence-corrected chi connectivity index (χ1v) is 6.43. The summed E-state index contributed by atoms with van der Waals surface area (Å²) in [6.45, 7) is 2.48. The zero-order chi connectivity index (χ0) is 13.5. The molecule has 0 radical (unpaired) electrons. The molecule has 5 heteroatoms. The van der Waals surface area contributed by atoms with Crippen LogP contribution in [0.1, 0.15) is 39.0 Å². The first-order chi connectivity index (χ1) is 8.65. The quantitative estimate of drug-likeness (QED) is 0.710. The maximum atomic E-state index is 12.2. The lowest BCUT2D eigenvalue weighted by Gasteiger charge is -2.34. The minimum absolute atomic E-state index is 0.227. The van der Waals surface area contributed by atoms with Crippen molar-refractivity contribution >= 4 is 11.9 Å². The van der Waals surface area contributed by atoms with E-state index in [1.165, 1.54) is 12.0 Å². The van der Waals surface area contributed by atoms with Crippen LogP contribution in [0.15, 0.2) is 0 Å². The minimum atomic E-state index is -0.639. The van der Waals surface area contributed by atoms with Crippen molar-refractivity contribution in [1.82, 2.24) is 4.90 Å². The fraction of sp³-hybridized carbons (Fsp3) is 0.769. The Balaban J connectivity index is 2.80. The largest absolute Gasteiger partial charge is 0.467 e. The Bertz CT molecular complexity index is 349. The zero-order valence-electron chi connectivity index (χ0n) is 11.0. The van der Waals surface area contributed by atoms with E-state index in [1.807, 2.05) is 13.0 Å². The molecule has 18 heavy (non-hydrogen) atoms. The fourth-order valence-electron chi connectivity index (χ4n) is 2.31. The summed E-state index contributed by atoms with van der Waals surface area (Å²) >= 11 is 0. The van der Waals surface area contributed by atoms with Crippen molar-refractivity contribution in [3.05, 3.63) is 0 Å². The van der Waals surface area contributed by atoms with Gasteiger partial charge in [0.05, 0.1) is 13.2 Å². The van der Waals surface area contributed by atoms with Gasteiger partial charge in [-0.15, -0.1) is 0 Å². The third-order valence-corrected chi connectivity index (χ3v) is 3.29. The molecule has 1 aliphatic rings. The second-order valence-corrected chi connectivity index (χ2v) is 4.54. The van der Waals surface area contributed by atoms with Gasteiger partial charge in [0.2, 0.25) is 5.91 Å². The highest BCUT2D eigenvalue weighted by atomic mass is 16.5. The Morgan fingerprint density at radius 1 is 1.50 bits per heavy atom. The van der Waals surface area contributed by atoms with Crippen LogP contribution < -0.4 is 0 Å². The van der Waals surface area contributed by atoms with E-state index in [0.29, 0.717) is 19.4 Å². The van der Waals surface area contributed by atoms with Crippen molar-refractivity contribution in [3.8, 4) is 6.07 Å². The standard InChI is InChI=1S/C13H20N2O3/c1-3-6-10(9-14)12(16)15-8-5-4-7-11(15)13(17)18-2/h10-11H,3-8H2,1-2H3. The molecule has 100 valence electrons. The molecular weight excluding hydrogens is 232 g/mol. The highest BCUT2D eigenvalue weighted by molar-refractivity contribution is 5.87. The number of nitrogens with zero attached hydrogens (tertiary/aromatic N) is 2. The summed E-state index contributed by atoms with van der Waals surface area (Å²) in [5.74, 6) is -1.24. The van der Waals surface area contributed by atoms with Gasteiger partial charge in [-0.3, -0.25) is 4.79 Å². The smallest absolute Gasteiger partial charge is 0.328 e. The highest BCUT2D eigenvalue weighted by Gasteiger charge is 2.35. The number of nitriles is 1. The maximum Gasteiger partial charge on any atom is 0.328 e. The number of ether oxygens (including phenoxy) is 1. The number of hydrogen-bond acceptors (Lipinski definition) is 4. The normalized spacial score (nSPS) is 20.9. The van der Waals surface area contributed by atoms with E-state index in [9.17, 15) is 9.59 Å². The van der Waals surface area contributed by atoms with Gasteiger partial charge >= 0.3 is 5.97 Å². The predicted octanol–water partition coefficient (Wildman–Crippen LogP) is 1.48. The Hall–Kier alpha value is -1.57. The molecule has 2 atom stereocenters. The lowest BCUT2D eigenvalue weighted by atomic mass is 9.97. The zero-order valence-corrected chi connectivity index (χ0v) is 11.0. The first kappa shape index (κ1) is 14.5. The van der Waals surface area contributed by atoms with E-state index in [4.69, 9.17) is 10.00 Å². The van der Waals surface area contributed by atoms with E-state index >= 15 is 0 Å². The van der Waals surface area contributed by atoms with Crippen molar-refractivity contribution in [2.45, 2.75) is 45.1 Å². The van der Waals surface area contributed by atoms with Crippen molar-refractivity contribution in [3.63, 3.8) is 0 Å². The molecule has 1 aliphatic heterocycles. The fourth-order valence-corrected chi connectivity index (χ4v) is 2.31. The number of carbonyl (C=O) groups excluding carboxylic acids is 2. The van der Waals surface area contributed by atoms with Gasteiger partial charge in [-0.05, 0) is 25.7 Å². The molecule has 1 saturated heterocycles. The number of likely N-dealkylation sites (tertiary alicyclic amines) is 1. The van der Waals surface area contributed by atoms with Gasteiger partial charge in [0.15, 0.2) is 0 Å². The minimum Gasteiger partial charge on any atom is -0.467 e. The van der Waals surface area contributed by atoms with Crippen LogP contribution in [0.4, 0.5) is 0 Å². The summed E-state index contributed by atoms with van der Waals surface area (Å²) in [5.41, 5.74) is 0. The van der Waals surface area contributed by atoms with Gasteiger partial charge in [-0.2, -0.15) is 5.26 Å². The topological polar surface area (TPSA) is 70.4 Å². The molecular formula is C13H20N2O3. The Morgan fingerprint density at radius 2 is 2.22 bits per heavy atom. The van der Waals surface area contributed by atoms with Gasteiger partial charge in [0.1, 0.15) is 12.0 Å². The Morgan fingerprint density at radius 3 is 2.78 bits per heavy atom. The average Bonchev–Trinajstić information content (AvgIpc) is 2.43. The van der Waals surface area contributed by atoms with Crippen molar-refractivity contribution in [1.29, 1.82) is 5.26 Å². The van der Waals surface area contributed by atoms with Gasteiger partial charge in [0.25, 0.3) is 0 Å². The third-order valence-electron chi connectivity index (χ3n) is 3.29. The van der Waals surface area contributed by atoms with Crippen LogP contribution in [-0.2, 0) is 14.3 Å². The third kappa shape index (κ3) is 3.22. The summed E-state index contributed by atoms with van der Waals surface area (Å²) in [4.78, 5) is 25.4. The molecule has 0 aromatic rings. The second-order valence-electron chi connectivity index (χ2n) is 4.54. The summed E-state index contributed by atoms with van der Waals surface area (Å²) in [5, 5.41) is 9.03. The molecule has 0 aliphatic carbocycles. The van der Waals surface area contributed by atoms with Gasteiger partial charge in [-0.1, -0.05) is 13.3 Å². The van der Waals surface area contributed by atoms with Crippen LogP contribution in [0.2, 0.25) is 0 Å². The van der Waals surface area contributed by atoms with E-state index < -0.39 is 12.0 Å². The number of rotatable bonds is 4. The number of hydrogen-bond donors (Lipinski definition) is 0. The molecule has 0 spiro atoms. The molecule has 1 amide bonds. The molecule has 2 unspecified atom stereocenters. The van der Waals surface area contributed by atoms with E-state index in [-0.39, 0.29) is 11.9 Å². The predicted molar refractivity (Wildman–Crippen MR) is 65.4 cm³/mol. The van der Waals surface area contributed by atoms with Crippen LogP contribution in [-0.4, -0.2) is 36.5 Å². The van der Waals surface area contributed by atoms with Gasteiger partial charge in [0, 0.05) is 6.54 Å². The number of piperidine rings is 1. The lowest BCUT2D eigenvalue weighted by Crippen LogP contribution is -2.50. The second kappa shape index (κ2) is 7.00. The summed E-state index contributed by atoms with van der Waals surface area (Å²) < 4.78 is 4.73. The summed E-state index contributed by atoms with van der Waals surface area (Å²) in [7, 11) is 1.33. The van der Waals surface area contributed by atoms with E-state index in [2.05, 4.69) is 0 Å². The molecule has 1 fully saturated rings. The molecule has 0 aromatic carbocycles. The summed E-state index contributed by atoms with van der Waals surface area (Å²) in [6.07, 6.45) is 3.74. The SMILES string of the molecule is CCCC(C#N)C(=O)N1CCCCC1C(=O)OC. The van der Waals surface area contributed by atoms with Crippen LogP contribution in [0, 0.1) is 17.2 Å². The van der Waals surface area contributed by atoms with Gasteiger partial charge < -0.3 is 9.64 Å². The van der Waals surface area contributed by atoms with Crippen molar-refractivity contribution < 1.29 is 14.3 Å². The van der Waals surface area contributed by atoms with Crippen molar-refractivity contribution in [2.75, 3.05) is 13.7 Å². The van der Waals surface area contributed by atoms with Crippen LogP contribution in [0.5, 0.6) is 0 Å². The van der Waals surface area contributed by atoms with Crippen LogP contribution in [0.3, 0.4) is 0 Å². The lowest BCUT2D eigenvalue weighted by molar-refractivity contribution is -0.155. The molecule has 1 rings (SSSR count). The number of amides is 1. The summed E-state index contributed by atoms with van der Waals surface area (Å²) in [6, 6.07) is 1.52. The number of esters is 1. The molecule has 0 saturated carbocycles. The number of methoxy groups -OCH3 is 1. The molecule has 5 nitrogen and oxygen atoms in total. The average molecular weight is 252 g/mol. The van der Waals surface area contributed by atoms with E-state index in [0.717, 1.165) is 19.3 Å². The Labute approximate surface area is 108 Å².